The lowest BCUT2D eigenvalue weighted by atomic mass is 10.2. The van der Waals surface area contributed by atoms with Crippen molar-refractivity contribution < 1.29 is 9.53 Å². The van der Waals surface area contributed by atoms with E-state index in [2.05, 4.69) is 15.4 Å². The molecule has 0 bridgehead atoms. The molecule has 2 aromatic heterocycles. The summed E-state index contributed by atoms with van der Waals surface area (Å²) in [6, 6.07) is 14.3. The van der Waals surface area contributed by atoms with Crippen molar-refractivity contribution in [1.82, 2.24) is 14.6 Å². The Hall–Kier alpha value is -3.78. The number of thiazole rings is 1. The number of amides is 1. The summed E-state index contributed by atoms with van der Waals surface area (Å²) in [5.41, 5.74) is 4.48. The summed E-state index contributed by atoms with van der Waals surface area (Å²) in [4.78, 5) is 33.1. The van der Waals surface area contributed by atoms with Crippen molar-refractivity contribution in [2.75, 3.05) is 5.43 Å². The van der Waals surface area contributed by atoms with Gasteiger partial charge in [0.25, 0.3) is 11.5 Å². The van der Waals surface area contributed by atoms with Crippen molar-refractivity contribution in [3.8, 4) is 5.75 Å². The molecule has 0 unspecified atom stereocenters. The van der Waals surface area contributed by atoms with E-state index in [1.54, 1.807) is 41.7 Å². The molecule has 0 aliphatic rings. The van der Waals surface area contributed by atoms with Crippen molar-refractivity contribution >= 4 is 34.2 Å². The minimum atomic E-state index is -0.437. The van der Waals surface area contributed by atoms with Crippen molar-refractivity contribution in [2.45, 2.75) is 13.5 Å². The molecule has 1 N–H and O–H groups in total. The van der Waals surface area contributed by atoms with Gasteiger partial charge < -0.3 is 4.74 Å². The van der Waals surface area contributed by atoms with E-state index < -0.39 is 5.91 Å². The van der Waals surface area contributed by atoms with Crippen LogP contribution in [0.3, 0.4) is 0 Å². The van der Waals surface area contributed by atoms with E-state index in [0.717, 1.165) is 26.7 Å². The van der Waals surface area contributed by atoms with Crippen molar-refractivity contribution in [1.29, 1.82) is 0 Å². The number of nitrogens with zero attached hydrogens (tertiary/aromatic N) is 3. The van der Waals surface area contributed by atoms with E-state index >= 15 is 0 Å². The first kappa shape index (κ1) is 19.5. The van der Waals surface area contributed by atoms with E-state index in [-0.39, 0.29) is 5.56 Å². The molecule has 0 aliphatic carbocycles. The smallest absolute Gasteiger partial charge is 0.280 e. The second-order valence-electron chi connectivity index (χ2n) is 6.46. The average Bonchev–Trinajstić information content (AvgIpc) is 3.19. The largest absolute Gasteiger partial charge is 0.487 e. The molecule has 1 amide bonds. The Morgan fingerprint density at radius 1 is 1.20 bits per heavy atom. The summed E-state index contributed by atoms with van der Waals surface area (Å²) in [6.45, 7) is 2.37. The van der Waals surface area contributed by atoms with Crippen LogP contribution in [0.15, 0.2) is 71.1 Å². The van der Waals surface area contributed by atoms with E-state index in [9.17, 15) is 9.59 Å². The topological polar surface area (TPSA) is 86.1 Å². The maximum Gasteiger partial charge on any atom is 0.280 e. The molecule has 30 heavy (non-hydrogen) atoms. The highest BCUT2D eigenvalue weighted by Crippen LogP contribution is 2.16. The fourth-order valence-corrected chi connectivity index (χ4v) is 3.38. The minimum Gasteiger partial charge on any atom is -0.487 e. The van der Waals surface area contributed by atoms with Gasteiger partial charge in [0.2, 0.25) is 0 Å². The molecule has 0 fully saturated rings. The molecular formula is C22H18N4O3S. The summed E-state index contributed by atoms with van der Waals surface area (Å²) in [6.07, 6.45) is 4.31. The number of hydrogen-bond donors (Lipinski definition) is 1. The number of rotatable bonds is 6. The van der Waals surface area contributed by atoms with Gasteiger partial charge in [-0.05, 0) is 42.8 Å². The minimum absolute atomic E-state index is 0.334. The van der Waals surface area contributed by atoms with E-state index in [1.165, 1.54) is 12.4 Å². The van der Waals surface area contributed by atoms with Crippen molar-refractivity contribution in [3.05, 3.63) is 92.9 Å². The highest BCUT2D eigenvalue weighted by Gasteiger charge is 2.05. The zero-order valence-corrected chi connectivity index (χ0v) is 16.9. The Balaban J connectivity index is 1.37. The van der Waals surface area contributed by atoms with Crippen LogP contribution < -0.4 is 15.7 Å². The molecule has 2 aromatic carbocycles. The zero-order chi connectivity index (χ0) is 20.9. The molecule has 0 saturated heterocycles. The summed E-state index contributed by atoms with van der Waals surface area (Å²) < 4.78 is 6.78. The van der Waals surface area contributed by atoms with Gasteiger partial charge in [0.05, 0.1) is 21.6 Å². The Morgan fingerprint density at radius 3 is 2.77 bits per heavy atom. The summed E-state index contributed by atoms with van der Waals surface area (Å²) in [7, 11) is 0. The van der Waals surface area contributed by atoms with Crippen LogP contribution in [-0.4, -0.2) is 20.6 Å². The molecule has 0 saturated carbocycles. The number of ether oxygens (including phenoxy) is 1. The second kappa shape index (κ2) is 8.71. The Kier molecular flexibility index (Phi) is 5.67. The summed E-state index contributed by atoms with van der Waals surface area (Å²) in [5, 5.41) is 3.42. The molecule has 0 spiro atoms. The molecule has 0 atom stereocenters. The van der Waals surface area contributed by atoms with E-state index in [1.807, 2.05) is 36.6 Å². The van der Waals surface area contributed by atoms with Gasteiger partial charge in [-0.15, -0.1) is 11.3 Å². The van der Waals surface area contributed by atoms with Crippen LogP contribution in [0.1, 0.15) is 16.3 Å². The number of carbonyl (C=O) groups excluding carboxylic acids is 1. The van der Waals surface area contributed by atoms with Gasteiger partial charge in [-0.3, -0.25) is 15.0 Å². The number of hydrogen-bond acceptors (Lipinski definition) is 6. The standard InChI is InChI=1S/C22H18N4O3S/c1-15-24-17(13-30-15)12-29-18-9-6-16(7-10-18)8-11-21(27)25-26-14-23-20-5-3-2-4-19(20)22(26)28/h2-11,13-14H,12H2,1H3,(H,25,27)/b11-8+. The van der Waals surface area contributed by atoms with Crippen LogP contribution in [0.2, 0.25) is 0 Å². The first-order valence-electron chi connectivity index (χ1n) is 9.18. The van der Waals surface area contributed by atoms with Gasteiger partial charge in [0.15, 0.2) is 0 Å². The predicted molar refractivity (Wildman–Crippen MR) is 117 cm³/mol. The maximum absolute atomic E-state index is 12.4. The molecule has 4 aromatic rings. The highest BCUT2D eigenvalue weighted by atomic mass is 32.1. The van der Waals surface area contributed by atoms with Gasteiger partial charge in [0, 0.05) is 11.5 Å². The van der Waals surface area contributed by atoms with Gasteiger partial charge in [-0.2, -0.15) is 0 Å². The molecular weight excluding hydrogens is 400 g/mol. The van der Waals surface area contributed by atoms with Gasteiger partial charge in [-0.1, -0.05) is 24.3 Å². The van der Waals surface area contributed by atoms with Crippen LogP contribution >= 0.6 is 11.3 Å². The molecule has 150 valence electrons. The Labute approximate surface area is 176 Å². The molecule has 7 nitrogen and oxygen atoms in total. The first-order chi connectivity index (χ1) is 14.6. The lowest BCUT2D eigenvalue weighted by Gasteiger charge is -2.06. The fourth-order valence-electron chi connectivity index (χ4n) is 2.78. The Bertz CT molecular complexity index is 1280. The lowest BCUT2D eigenvalue weighted by Crippen LogP contribution is -2.32. The number of carbonyl (C=O) groups is 1. The van der Waals surface area contributed by atoms with Gasteiger partial charge >= 0.3 is 0 Å². The Morgan fingerprint density at radius 2 is 2.00 bits per heavy atom. The third-order valence-electron chi connectivity index (χ3n) is 4.26. The predicted octanol–water partition coefficient (Wildman–Crippen LogP) is 3.52. The number of fused-ring (bicyclic) bond motifs is 1. The average molecular weight is 418 g/mol. The monoisotopic (exact) mass is 418 g/mol. The van der Waals surface area contributed by atoms with Crippen LogP contribution in [-0.2, 0) is 11.4 Å². The molecule has 8 heteroatoms. The number of benzene rings is 2. The third-order valence-corrected chi connectivity index (χ3v) is 5.08. The van der Waals surface area contributed by atoms with Crippen molar-refractivity contribution in [2.24, 2.45) is 0 Å². The van der Waals surface area contributed by atoms with Gasteiger partial charge in [0.1, 0.15) is 18.7 Å². The number of nitrogens with one attached hydrogen (secondary N) is 1. The summed E-state index contributed by atoms with van der Waals surface area (Å²) >= 11 is 1.59. The molecule has 2 heterocycles. The quantitative estimate of drug-likeness (QED) is 0.484. The second-order valence-corrected chi connectivity index (χ2v) is 7.52. The number of para-hydroxylation sites is 1. The van der Waals surface area contributed by atoms with Gasteiger partial charge in [-0.25, -0.2) is 14.6 Å². The SMILES string of the molecule is Cc1nc(COc2ccc(/C=C/C(=O)Nn3cnc4ccccc4c3=O)cc2)cs1. The summed E-state index contributed by atoms with van der Waals surface area (Å²) in [5.74, 6) is 0.282. The van der Waals surface area contributed by atoms with Crippen LogP contribution in [0.4, 0.5) is 0 Å². The van der Waals surface area contributed by atoms with Crippen LogP contribution in [0.25, 0.3) is 17.0 Å². The normalized spacial score (nSPS) is 11.1. The zero-order valence-electron chi connectivity index (χ0n) is 16.1. The first-order valence-corrected chi connectivity index (χ1v) is 10.1. The van der Waals surface area contributed by atoms with E-state index in [4.69, 9.17) is 4.74 Å². The number of aromatic nitrogens is 3. The maximum atomic E-state index is 12.4. The van der Waals surface area contributed by atoms with Crippen LogP contribution in [0.5, 0.6) is 5.75 Å². The van der Waals surface area contributed by atoms with E-state index in [0.29, 0.717) is 17.5 Å². The molecule has 0 aliphatic heterocycles. The number of aryl methyl sites for hydroxylation is 1. The lowest BCUT2D eigenvalue weighted by molar-refractivity contribution is -0.112. The molecule has 4 rings (SSSR count). The third kappa shape index (κ3) is 4.61. The highest BCUT2D eigenvalue weighted by molar-refractivity contribution is 7.09. The van der Waals surface area contributed by atoms with Crippen molar-refractivity contribution in [3.63, 3.8) is 0 Å². The fraction of sp³-hybridized carbons (Fsp3) is 0.0909. The van der Waals surface area contributed by atoms with Crippen LogP contribution in [0, 0.1) is 6.92 Å². The molecule has 0 radical (unpaired) electrons.